The van der Waals surface area contributed by atoms with Gasteiger partial charge in [-0.3, -0.25) is 36.2 Å². The van der Waals surface area contributed by atoms with Crippen molar-refractivity contribution in [2.24, 2.45) is 5.73 Å². The molecule has 4 aliphatic heterocycles. The maximum Gasteiger partial charge on any atom is 0.472 e. The summed E-state index contributed by atoms with van der Waals surface area (Å²) in [5.74, 6) is 0. The van der Waals surface area contributed by atoms with Crippen molar-refractivity contribution in [3.05, 3.63) is 0 Å². The molecule has 0 amide bonds. The molecule has 16 atom stereocenters. The summed E-state index contributed by atoms with van der Waals surface area (Å²) in [7, 11) is -18.4. The fraction of sp³-hybridized carbons (Fsp3) is 1.00. The van der Waals surface area contributed by atoms with Gasteiger partial charge in [-0.15, -0.1) is 0 Å². The first kappa shape index (κ1) is 40.3. The highest BCUT2D eigenvalue weighted by Crippen LogP contribution is 2.52. The number of hydrogen-bond donors (Lipinski definition) is 6. The third kappa shape index (κ3) is 13.2. The van der Waals surface area contributed by atoms with Gasteiger partial charge in [0.15, 0.2) is 0 Å². The second-order valence-corrected chi connectivity index (χ2v) is 17.1. The minimum absolute atomic E-state index is 0.00551. The number of phosphoric acid groups is 4. The molecule has 7 N–H and O–H groups in total. The molecule has 4 rings (SSSR count). The van der Waals surface area contributed by atoms with Crippen LogP contribution < -0.4 is 5.73 Å². The Morgan fingerprint density at radius 1 is 0.735 bits per heavy atom. The van der Waals surface area contributed by atoms with Crippen LogP contribution in [0.4, 0.5) is 4.39 Å². The number of hydrogen-bond acceptors (Lipinski definition) is 18. The Kier molecular flexibility index (Phi) is 14.4. The summed E-state index contributed by atoms with van der Waals surface area (Å²) in [6.07, 6.45) is -14.0. The third-order valence-corrected chi connectivity index (χ3v) is 11.4. The summed E-state index contributed by atoms with van der Waals surface area (Å²) in [6.45, 7) is -2.45. The van der Waals surface area contributed by atoms with E-state index in [-0.39, 0.29) is 19.3 Å². The Bertz CT molecular complexity index is 1320. The van der Waals surface area contributed by atoms with Crippen molar-refractivity contribution in [3.8, 4) is 0 Å². The van der Waals surface area contributed by atoms with E-state index in [1.54, 1.807) is 6.92 Å². The zero-order chi connectivity index (χ0) is 37.1. The maximum atomic E-state index is 13.9. The average molecular weight is 800 g/mol. The molecule has 0 aliphatic carbocycles. The van der Waals surface area contributed by atoms with Crippen LogP contribution in [0.2, 0.25) is 0 Å². The summed E-state index contributed by atoms with van der Waals surface area (Å²) in [5, 5.41) is 9.87. The van der Waals surface area contributed by atoms with E-state index in [1.165, 1.54) is 0 Å². The van der Waals surface area contributed by atoms with Gasteiger partial charge in [-0.1, -0.05) is 0 Å². The molecule has 288 valence electrons. The lowest BCUT2D eigenvalue weighted by molar-refractivity contribution is -0.0669. The van der Waals surface area contributed by atoms with Gasteiger partial charge < -0.3 is 49.4 Å². The van der Waals surface area contributed by atoms with E-state index >= 15 is 0 Å². The minimum Gasteiger partial charge on any atom is -0.390 e. The summed E-state index contributed by atoms with van der Waals surface area (Å²) in [4.78, 5) is 40.2. The third-order valence-electron chi connectivity index (χ3n) is 7.45. The van der Waals surface area contributed by atoms with Crippen molar-refractivity contribution in [2.45, 2.75) is 100 Å². The highest BCUT2D eigenvalue weighted by atomic mass is 31.2. The first-order valence-electron chi connectivity index (χ1n) is 15.3. The zero-order valence-corrected chi connectivity index (χ0v) is 29.7. The second-order valence-electron chi connectivity index (χ2n) is 11.3. The van der Waals surface area contributed by atoms with Gasteiger partial charge in [-0.05, 0) is 6.92 Å². The van der Waals surface area contributed by atoms with Crippen molar-refractivity contribution in [3.63, 3.8) is 0 Å². The first-order chi connectivity index (χ1) is 23.1. The van der Waals surface area contributed by atoms with E-state index < -0.39 is 138 Å². The number of aliphatic hydroxyl groups is 1. The quantitative estimate of drug-likeness (QED) is 0.0982. The van der Waals surface area contributed by atoms with Crippen LogP contribution in [0.25, 0.3) is 0 Å². The number of rotatable bonds is 19. The van der Waals surface area contributed by atoms with Crippen LogP contribution in [0, 0.1) is 0 Å². The standard InChI is InChI=1S/C22H42FNO21P4/c1-12-5-15(19(40-12)10-39-49(32,33)45-16-7-21(23)41-20(16)11-36-46(26,27)34-2)44-48(30,31)38-9-18-14(3-4-35-18)43-47(28,29)37-8-17-13(25)6-22(24)42-17/h12-22,25H,3-11,24H2,1-2H3,(H,26,27)(H,28,29)(H,30,31)(H,32,33)/i4D. The van der Waals surface area contributed by atoms with E-state index in [4.69, 9.17) is 53.2 Å². The molecule has 0 aromatic heterocycles. The average Bonchev–Trinajstić information content (AvgIpc) is 3.73. The van der Waals surface area contributed by atoms with Crippen molar-refractivity contribution >= 4 is 31.3 Å². The molecule has 4 heterocycles. The van der Waals surface area contributed by atoms with E-state index in [0.717, 1.165) is 7.11 Å². The zero-order valence-electron chi connectivity index (χ0n) is 27.1. The topological polar surface area (TPSA) is 306 Å². The predicted molar refractivity (Wildman–Crippen MR) is 156 cm³/mol. The van der Waals surface area contributed by atoms with Crippen molar-refractivity contribution in [1.29, 1.82) is 0 Å². The largest absolute Gasteiger partial charge is 0.472 e. The number of ether oxygens (including phenoxy) is 4. The minimum atomic E-state index is -4.99. The molecule has 4 aliphatic rings. The number of phosphoric ester groups is 4. The lowest BCUT2D eigenvalue weighted by Crippen LogP contribution is -2.31. The number of halogens is 1. The Morgan fingerprint density at radius 3 is 1.78 bits per heavy atom. The van der Waals surface area contributed by atoms with Crippen LogP contribution in [0.15, 0.2) is 0 Å². The van der Waals surface area contributed by atoms with Crippen molar-refractivity contribution in [1.82, 2.24) is 0 Å². The van der Waals surface area contributed by atoms with E-state index in [2.05, 4.69) is 9.05 Å². The summed E-state index contributed by atoms with van der Waals surface area (Å²) in [6, 6.07) is 0. The van der Waals surface area contributed by atoms with Crippen LogP contribution in [-0.4, -0.2) is 132 Å². The van der Waals surface area contributed by atoms with Gasteiger partial charge in [0.2, 0.25) is 6.36 Å². The van der Waals surface area contributed by atoms with E-state index in [9.17, 15) is 47.3 Å². The van der Waals surface area contributed by atoms with Crippen LogP contribution in [0.3, 0.4) is 0 Å². The van der Waals surface area contributed by atoms with E-state index in [0.29, 0.717) is 0 Å². The van der Waals surface area contributed by atoms with E-state index in [1.807, 2.05) is 0 Å². The highest BCUT2D eigenvalue weighted by Gasteiger charge is 2.46. The molecule has 0 aromatic rings. The molecule has 4 fully saturated rings. The monoisotopic (exact) mass is 800 g/mol. The Hall–Kier alpha value is 0.130. The number of alkyl halides is 1. The lowest BCUT2D eigenvalue weighted by Gasteiger charge is -2.25. The van der Waals surface area contributed by atoms with Gasteiger partial charge in [-0.2, -0.15) is 0 Å². The summed E-state index contributed by atoms with van der Waals surface area (Å²) in [5.41, 5.74) is 5.57. The van der Waals surface area contributed by atoms with Gasteiger partial charge in [0.1, 0.15) is 49.0 Å². The second kappa shape index (κ2) is 17.5. The molecular weight excluding hydrogens is 757 g/mol. The fourth-order valence-electron chi connectivity index (χ4n) is 5.11. The highest BCUT2D eigenvalue weighted by molar-refractivity contribution is 7.48. The SMILES string of the molecule is [2H]C1CC(OP(=O)(O)OCC2OC(N)CC2O)C(COP(=O)(O)OC2CC(C)OC2COP(=O)(O)OC2CC(F)OC2COP(=O)(O)OC)O1. The molecule has 4 saturated heterocycles. The Morgan fingerprint density at radius 2 is 1.22 bits per heavy atom. The normalized spacial score (nSPS) is 41.9. The van der Waals surface area contributed by atoms with Gasteiger partial charge in [0.05, 0.1) is 40.0 Å². The molecule has 0 aromatic carbocycles. The van der Waals surface area contributed by atoms with Crippen LogP contribution in [0.5, 0.6) is 0 Å². The molecule has 0 bridgehead atoms. The molecule has 16 unspecified atom stereocenters. The fourth-order valence-corrected chi connectivity index (χ4v) is 8.43. The molecule has 0 saturated carbocycles. The lowest BCUT2D eigenvalue weighted by atomic mass is 10.1. The molecule has 22 nitrogen and oxygen atoms in total. The van der Waals surface area contributed by atoms with Gasteiger partial charge in [0.25, 0.3) is 0 Å². The predicted octanol–water partition coefficient (Wildman–Crippen LogP) is 0.742. The van der Waals surface area contributed by atoms with Gasteiger partial charge in [-0.25, -0.2) is 22.7 Å². The van der Waals surface area contributed by atoms with Crippen molar-refractivity contribution in [2.75, 3.05) is 40.1 Å². The van der Waals surface area contributed by atoms with Gasteiger partial charge >= 0.3 is 31.3 Å². The summed E-state index contributed by atoms with van der Waals surface area (Å²) >= 11 is 0. The van der Waals surface area contributed by atoms with Crippen molar-refractivity contribution < 1.29 is 104 Å². The molecule has 49 heavy (non-hydrogen) atoms. The smallest absolute Gasteiger partial charge is 0.390 e. The van der Waals surface area contributed by atoms with Crippen LogP contribution in [-0.2, 0) is 73.4 Å². The number of aliphatic hydroxyl groups excluding tert-OH is 1. The number of nitrogens with two attached hydrogens (primary N) is 1. The molecule has 0 radical (unpaired) electrons. The van der Waals surface area contributed by atoms with Crippen LogP contribution in [0.1, 0.15) is 34.0 Å². The Balaban J connectivity index is 1.26. The Labute approximate surface area is 281 Å². The first-order valence-corrected chi connectivity index (χ1v) is 20.7. The maximum absolute atomic E-state index is 13.9. The molecule has 27 heteroatoms. The molecule has 0 spiro atoms. The van der Waals surface area contributed by atoms with Gasteiger partial charge in [0, 0.05) is 39.4 Å². The van der Waals surface area contributed by atoms with Crippen LogP contribution >= 0.6 is 31.3 Å². The summed E-state index contributed by atoms with van der Waals surface area (Å²) < 4.78 is 131. The molecular formula is C22H42FNO21P4.